The van der Waals surface area contributed by atoms with Gasteiger partial charge in [-0.05, 0) is 42.2 Å². The van der Waals surface area contributed by atoms with Crippen molar-refractivity contribution in [3.63, 3.8) is 0 Å². The smallest absolute Gasteiger partial charge is 0.267 e. The SMILES string of the molecule is CSCc1ccc(C(=O)NNC(=O)c2cccc(Cl)c2)cc1. The van der Waals surface area contributed by atoms with E-state index in [0.29, 0.717) is 16.1 Å². The molecule has 0 spiro atoms. The van der Waals surface area contributed by atoms with Gasteiger partial charge in [0.05, 0.1) is 0 Å². The highest BCUT2D eigenvalue weighted by Gasteiger charge is 2.09. The summed E-state index contributed by atoms with van der Waals surface area (Å²) in [4.78, 5) is 23.8. The van der Waals surface area contributed by atoms with Gasteiger partial charge in [-0.25, -0.2) is 0 Å². The Labute approximate surface area is 138 Å². The highest BCUT2D eigenvalue weighted by molar-refractivity contribution is 7.97. The fourth-order valence-corrected chi connectivity index (χ4v) is 2.52. The van der Waals surface area contributed by atoms with Gasteiger partial charge in [0.1, 0.15) is 0 Å². The summed E-state index contributed by atoms with van der Waals surface area (Å²) in [6.07, 6.45) is 2.02. The maximum Gasteiger partial charge on any atom is 0.269 e. The molecule has 0 fully saturated rings. The third-order valence-corrected chi connectivity index (χ3v) is 3.76. The number of hydrazine groups is 1. The van der Waals surface area contributed by atoms with Crippen molar-refractivity contribution in [2.24, 2.45) is 0 Å². The van der Waals surface area contributed by atoms with E-state index in [9.17, 15) is 9.59 Å². The van der Waals surface area contributed by atoms with Crippen molar-refractivity contribution in [3.8, 4) is 0 Å². The fourth-order valence-electron chi connectivity index (χ4n) is 1.81. The molecule has 0 aliphatic rings. The van der Waals surface area contributed by atoms with Crippen LogP contribution in [0.15, 0.2) is 48.5 Å². The molecule has 0 bridgehead atoms. The van der Waals surface area contributed by atoms with E-state index in [2.05, 4.69) is 10.9 Å². The first-order valence-electron chi connectivity index (χ1n) is 6.54. The Bertz CT molecular complexity index is 674. The number of halogens is 1. The zero-order valence-electron chi connectivity index (χ0n) is 11.9. The van der Waals surface area contributed by atoms with E-state index in [1.807, 2.05) is 18.4 Å². The molecule has 0 atom stereocenters. The van der Waals surface area contributed by atoms with Crippen LogP contribution in [-0.2, 0) is 5.75 Å². The molecule has 2 N–H and O–H groups in total. The predicted molar refractivity (Wildman–Crippen MR) is 90.0 cm³/mol. The zero-order chi connectivity index (χ0) is 15.9. The van der Waals surface area contributed by atoms with Gasteiger partial charge in [-0.15, -0.1) is 0 Å². The van der Waals surface area contributed by atoms with Crippen LogP contribution >= 0.6 is 23.4 Å². The number of amides is 2. The molecule has 0 radical (unpaired) electrons. The summed E-state index contributed by atoms with van der Waals surface area (Å²) in [7, 11) is 0. The molecular formula is C16H15ClN2O2S. The van der Waals surface area contributed by atoms with Crippen molar-refractivity contribution in [2.75, 3.05) is 6.26 Å². The first kappa shape index (κ1) is 16.4. The molecule has 0 saturated carbocycles. The van der Waals surface area contributed by atoms with Crippen molar-refractivity contribution >= 4 is 35.2 Å². The lowest BCUT2D eigenvalue weighted by molar-refractivity contribution is 0.0846. The van der Waals surface area contributed by atoms with Crippen LogP contribution in [0.4, 0.5) is 0 Å². The molecule has 4 nitrogen and oxygen atoms in total. The molecular weight excluding hydrogens is 320 g/mol. The number of hydrogen-bond donors (Lipinski definition) is 2. The van der Waals surface area contributed by atoms with Gasteiger partial charge < -0.3 is 0 Å². The molecule has 6 heteroatoms. The van der Waals surface area contributed by atoms with Crippen LogP contribution in [-0.4, -0.2) is 18.1 Å². The molecule has 2 rings (SSSR count). The van der Waals surface area contributed by atoms with Gasteiger partial charge in [-0.1, -0.05) is 29.8 Å². The van der Waals surface area contributed by atoms with Crippen molar-refractivity contribution in [1.82, 2.24) is 10.9 Å². The third-order valence-electron chi connectivity index (χ3n) is 2.90. The summed E-state index contributed by atoms with van der Waals surface area (Å²) in [5, 5.41) is 0.461. The number of carbonyl (C=O) groups excluding carboxylic acids is 2. The van der Waals surface area contributed by atoms with E-state index in [1.54, 1.807) is 42.1 Å². The highest BCUT2D eigenvalue weighted by Crippen LogP contribution is 2.11. The monoisotopic (exact) mass is 334 g/mol. The first-order chi connectivity index (χ1) is 10.6. The summed E-state index contributed by atoms with van der Waals surface area (Å²) in [6, 6.07) is 13.7. The molecule has 2 amide bonds. The number of hydrogen-bond acceptors (Lipinski definition) is 3. The zero-order valence-corrected chi connectivity index (χ0v) is 13.5. The van der Waals surface area contributed by atoms with E-state index in [0.717, 1.165) is 11.3 Å². The van der Waals surface area contributed by atoms with Gasteiger partial charge in [-0.3, -0.25) is 20.4 Å². The Morgan fingerprint density at radius 1 is 1.00 bits per heavy atom. The van der Waals surface area contributed by atoms with E-state index in [4.69, 9.17) is 11.6 Å². The van der Waals surface area contributed by atoms with Gasteiger partial charge in [-0.2, -0.15) is 11.8 Å². The third kappa shape index (κ3) is 4.51. The van der Waals surface area contributed by atoms with Gasteiger partial charge >= 0.3 is 0 Å². The lowest BCUT2D eigenvalue weighted by atomic mass is 10.1. The highest BCUT2D eigenvalue weighted by atomic mass is 35.5. The second-order valence-electron chi connectivity index (χ2n) is 4.55. The average molecular weight is 335 g/mol. The molecule has 22 heavy (non-hydrogen) atoms. The topological polar surface area (TPSA) is 58.2 Å². The second kappa shape index (κ2) is 7.87. The van der Waals surface area contributed by atoms with Gasteiger partial charge in [0.15, 0.2) is 0 Å². The van der Waals surface area contributed by atoms with Gasteiger partial charge in [0.2, 0.25) is 0 Å². The normalized spacial score (nSPS) is 10.1. The van der Waals surface area contributed by atoms with E-state index in [-0.39, 0.29) is 5.91 Å². The molecule has 114 valence electrons. The van der Waals surface area contributed by atoms with Crippen molar-refractivity contribution in [2.45, 2.75) is 5.75 Å². The minimum absolute atomic E-state index is 0.369. The molecule has 0 unspecified atom stereocenters. The minimum atomic E-state index is -0.421. The van der Waals surface area contributed by atoms with Crippen LogP contribution < -0.4 is 10.9 Å². The molecule has 0 aliphatic carbocycles. The quantitative estimate of drug-likeness (QED) is 0.844. The Hall–Kier alpha value is -1.98. The summed E-state index contributed by atoms with van der Waals surface area (Å²) < 4.78 is 0. The van der Waals surface area contributed by atoms with Crippen LogP contribution in [0.3, 0.4) is 0 Å². The largest absolute Gasteiger partial charge is 0.269 e. The van der Waals surface area contributed by atoms with E-state index >= 15 is 0 Å². The Kier molecular flexibility index (Phi) is 5.86. The Morgan fingerprint density at radius 2 is 1.64 bits per heavy atom. The number of nitrogens with one attached hydrogen (secondary N) is 2. The second-order valence-corrected chi connectivity index (χ2v) is 5.85. The number of carbonyl (C=O) groups is 2. The van der Waals surface area contributed by atoms with E-state index in [1.165, 1.54) is 6.07 Å². The maximum absolute atomic E-state index is 12.0. The van der Waals surface area contributed by atoms with Crippen molar-refractivity contribution in [1.29, 1.82) is 0 Å². The molecule has 0 heterocycles. The summed E-state index contributed by atoms with van der Waals surface area (Å²) in [6.45, 7) is 0. The summed E-state index contributed by atoms with van der Waals surface area (Å²) in [5.74, 6) is 0.105. The molecule has 0 aliphatic heterocycles. The Morgan fingerprint density at radius 3 is 2.23 bits per heavy atom. The van der Waals surface area contributed by atoms with E-state index < -0.39 is 5.91 Å². The fraction of sp³-hybridized carbons (Fsp3) is 0.125. The molecule has 0 saturated heterocycles. The number of rotatable bonds is 4. The van der Waals surface area contributed by atoms with Crippen LogP contribution in [0.5, 0.6) is 0 Å². The number of thioether (sulfide) groups is 1. The summed E-state index contributed by atoms with van der Waals surface area (Å²) >= 11 is 7.53. The van der Waals surface area contributed by atoms with Crippen LogP contribution in [0, 0.1) is 0 Å². The lowest BCUT2D eigenvalue weighted by Gasteiger charge is -2.08. The average Bonchev–Trinajstić information content (AvgIpc) is 2.53. The maximum atomic E-state index is 12.0. The predicted octanol–water partition coefficient (Wildman–Crippen LogP) is 3.28. The standard InChI is InChI=1S/C16H15ClN2O2S/c1-22-10-11-5-7-12(8-6-11)15(20)18-19-16(21)13-3-2-4-14(17)9-13/h2-9H,10H2,1H3,(H,18,20)(H,19,21). The summed E-state index contributed by atoms with van der Waals surface area (Å²) in [5.41, 5.74) is 6.75. The minimum Gasteiger partial charge on any atom is -0.267 e. The van der Waals surface area contributed by atoms with Gasteiger partial charge in [0, 0.05) is 21.9 Å². The molecule has 2 aromatic rings. The van der Waals surface area contributed by atoms with Crippen molar-refractivity contribution < 1.29 is 9.59 Å². The van der Waals surface area contributed by atoms with Crippen LogP contribution in [0.25, 0.3) is 0 Å². The van der Waals surface area contributed by atoms with Crippen LogP contribution in [0.1, 0.15) is 26.3 Å². The van der Waals surface area contributed by atoms with Crippen molar-refractivity contribution in [3.05, 3.63) is 70.2 Å². The number of benzene rings is 2. The van der Waals surface area contributed by atoms with Gasteiger partial charge in [0.25, 0.3) is 11.8 Å². The molecule has 2 aromatic carbocycles. The molecule has 0 aromatic heterocycles. The Balaban J connectivity index is 1.93. The van der Waals surface area contributed by atoms with Crippen LogP contribution in [0.2, 0.25) is 5.02 Å². The first-order valence-corrected chi connectivity index (χ1v) is 8.31. The lowest BCUT2D eigenvalue weighted by Crippen LogP contribution is -2.41.